The van der Waals surface area contributed by atoms with Gasteiger partial charge in [-0.15, -0.1) is 0 Å². The van der Waals surface area contributed by atoms with Crippen LogP contribution in [-0.4, -0.2) is 59.7 Å². The van der Waals surface area contributed by atoms with Crippen molar-refractivity contribution < 1.29 is 17.9 Å². The molecule has 0 unspecified atom stereocenters. The van der Waals surface area contributed by atoms with Crippen molar-refractivity contribution in [1.82, 2.24) is 13.9 Å². The fourth-order valence-electron chi connectivity index (χ4n) is 3.40. The first-order chi connectivity index (χ1) is 15.1. The Hall–Kier alpha value is -1.88. The van der Waals surface area contributed by atoms with E-state index in [1.54, 1.807) is 12.1 Å². The van der Waals surface area contributed by atoms with Crippen LogP contribution in [0.3, 0.4) is 0 Å². The number of imidazole rings is 1. The van der Waals surface area contributed by atoms with Gasteiger partial charge in [0.2, 0.25) is 15.9 Å². The van der Waals surface area contributed by atoms with Crippen LogP contribution < -0.4 is 5.32 Å². The Morgan fingerprint density at radius 1 is 1.16 bits per heavy atom. The molecule has 0 bridgehead atoms. The van der Waals surface area contributed by atoms with E-state index < -0.39 is 10.0 Å². The third-order valence-corrected chi connectivity index (χ3v) is 8.35. The number of hydrogen-bond donors (Lipinski definition) is 1. The van der Waals surface area contributed by atoms with Gasteiger partial charge in [-0.3, -0.25) is 4.79 Å². The van der Waals surface area contributed by atoms with Gasteiger partial charge in [-0.25, -0.2) is 13.4 Å². The Labute approximate surface area is 194 Å². The molecule has 1 N–H and O–H groups in total. The van der Waals surface area contributed by atoms with Gasteiger partial charge >= 0.3 is 0 Å². The molecule has 1 aliphatic heterocycles. The molecule has 1 saturated heterocycles. The van der Waals surface area contributed by atoms with Crippen LogP contribution in [0.4, 0.5) is 5.69 Å². The van der Waals surface area contributed by atoms with E-state index in [9.17, 15) is 13.2 Å². The number of aryl methyl sites for hydroxylation is 1. The molecule has 2 aromatic rings. The number of aromatic nitrogens is 2. The predicted octanol–water partition coefficient (Wildman–Crippen LogP) is 3.30. The fraction of sp³-hybridized carbons (Fsp3) is 0.545. The molecule has 1 aromatic carbocycles. The van der Waals surface area contributed by atoms with Crippen LogP contribution in [0, 0.1) is 19.8 Å². The van der Waals surface area contributed by atoms with E-state index in [1.165, 1.54) is 28.2 Å². The number of nitrogens with one attached hydrogen (secondary N) is 1. The molecular weight excluding hydrogens is 448 g/mol. The maximum Gasteiger partial charge on any atom is 0.243 e. The number of thioether (sulfide) groups is 1. The molecule has 0 saturated carbocycles. The van der Waals surface area contributed by atoms with E-state index in [4.69, 9.17) is 4.74 Å². The number of rotatable bonds is 8. The van der Waals surface area contributed by atoms with Gasteiger partial charge in [0.1, 0.15) is 0 Å². The number of amides is 1. The Morgan fingerprint density at radius 2 is 1.78 bits per heavy atom. The molecule has 1 atom stereocenters. The van der Waals surface area contributed by atoms with Crippen molar-refractivity contribution in [2.75, 3.05) is 31.6 Å². The maximum atomic E-state index is 12.8. The van der Waals surface area contributed by atoms with Gasteiger partial charge < -0.3 is 14.6 Å². The number of carbonyl (C=O) groups excluding carboxylic acids is 1. The Morgan fingerprint density at radius 3 is 2.38 bits per heavy atom. The third-order valence-electron chi connectivity index (χ3n) is 5.35. The molecule has 0 aliphatic carbocycles. The van der Waals surface area contributed by atoms with E-state index in [0.717, 1.165) is 23.1 Å². The zero-order valence-corrected chi connectivity index (χ0v) is 20.9. The summed E-state index contributed by atoms with van der Waals surface area (Å²) in [6.45, 7) is 12.5. The average molecular weight is 481 g/mol. The number of carbonyl (C=O) groups is 1. The summed E-state index contributed by atoms with van der Waals surface area (Å²) in [6, 6.07) is 6.30. The molecule has 0 spiro atoms. The number of nitrogens with zero attached hydrogens (tertiary/aromatic N) is 3. The highest BCUT2D eigenvalue weighted by Gasteiger charge is 2.26. The average Bonchev–Trinajstić information content (AvgIpc) is 3.01. The molecule has 32 heavy (non-hydrogen) atoms. The van der Waals surface area contributed by atoms with Crippen molar-refractivity contribution >= 4 is 33.4 Å². The minimum absolute atomic E-state index is 0.159. The van der Waals surface area contributed by atoms with Gasteiger partial charge in [0.25, 0.3) is 0 Å². The number of benzene rings is 1. The van der Waals surface area contributed by atoms with E-state index in [1.807, 2.05) is 20.8 Å². The van der Waals surface area contributed by atoms with Crippen LogP contribution in [0.1, 0.15) is 32.2 Å². The summed E-state index contributed by atoms with van der Waals surface area (Å²) in [5.74, 6) is 0.311. The second-order valence-electron chi connectivity index (χ2n) is 8.36. The number of sulfonamides is 1. The number of morpholine rings is 1. The lowest BCUT2D eigenvalue weighted by molar-refractivity contribution is -0.115. The highest BCUT2D eigenvalue weighted by atomic mass is 32.2. The quantitative estimate of drug-likeness (QED) is 0.583. The zero-order valence-electron chi connectivity index (χ0n) is 19.3. The van der Waals surface area contributed by atoms with Crippen molar-refractivity contribution in [1.29, 1.82) is 0 Å². The molecule has 1 amide bonds. The molecule has 3 rings (SSSR count). The van der Waals surface area contributed by atoms with E-state index in [2.05, 4.69) is 28.7 Å². The predicted molar refractivity (Wildman–Crippen MR) is 127 cm³/mol. The van der Waals surface area contributed by atoms with E-state index in [-0.39, 0.29) is 16.1 Å². The van der Waals surface area contributed by atoms with Gasteiger partial charge in [-0.2, -0.15) is 4.31 Å². The lowest BCUT2D eigenvalue weighted by Gasteiger charge is -2.26. The summed E-state index contributed by atoms with van der Waals surface area (Å²) in [5, 5.41) is 3.35. The largest absolute Gasteiger partial charge is 0.379 e. The molecule has 176 valence electrons. The van der Waals surface area contributed by atoms with Crippen molar-refractivity contribution in [3.8, 4) is 0 Å². The minimum atomic E-state index is -3.56. The monoisotopic (exact) mass is 480 g/mol. The molecule has 1 fully saturated rings. The third kappa shape index (κ3) is 5.72. The van der Waals surface area contributed by atoms with E-state index >= 15 is 0 Å². The number of anilines is 1. The van der Waals surface area contributed by atoms with Gasteiger partial charge in [0, 0.05) is 31.0 Å². The molecule has 8 nitrogen and oxygen atoms in total. The first-order valence-corrected chi connectivity index (χ1v) is 13.1. The van der Waals surface area contributed by atoms with Crippen molar-refractivity contribution in [3.05, 3.63) is 35.7 Å². The van der Waals surface area contributed by atoms with Crippen LogP contribution in [-0.2, 0) is 26.1 Å². The highest BCUT2D eigenvalue weighted by Crippen LogP contribution is 2.27. The van der Waals surface area contributed by atoms with Crippen molar-refractivity contribution in [3.63, 3.8) is 0 Å². The SMILES string of the molecule is Cc1nc(S[C@@H](C)C(=O)Nc2ccc(S(=O)(=O)N3CCOCC3)cc2)n(CC(C)C)c1C. The summed E-state index contributed by atoms with van der Waals surface area (Å²) in [7, 11) is -3.56. The van der Waals surface area contributed by atoms with Gasteiger partial charge in [-0.05, 0) is 51.0 Å². The van der Waals surface area contributed by atoms with Crippen molar-refractivity contribution in [2.24, 2.45) is 5.92 Å². The topological polar surface area (TPSA) is 93.5 Å². The molecule has 10 heteroatoms. The van der Waals surface area contributed by atoms with Gasteiger partial charge in [-0.1, -0.05) is 25.6 Å². The Kier molecular flexibility index (Phi) is 8.02. The highest BCUT2D eigenvalue weighted by molar-refractivity contribution is 8.00. The smallest absolute Gasteiger partial charge is 0.243 e. The van der Waals surface area contributed by atoms with Gasteiger partial charge in [0.15, 0.2) is 5.16 Å². The first kappa shape index (κ1) is 24.8. The maximum absolute atomic E-state index is 12.8. The van der Waals surface area contributed by atoms with Crippen LogP contribution >= 0.6 is 11.8 Å². The summed E-state index contributed by atoms with van der Waals surface area (Å²) >= 11 is 1.43. The van der Waals surface area contributed by atoms with Crippen LogP contribution in [0.5, 0.6) is 0 Å². The second kappa shape index (κ2) is 10.4. The number of ether oxygens (including phenoxy) is 1. The van der Waals surface area contributed by atoms with Gasteiger partial charge in [0.05, 0.1) is 29.1 Å². The second-order valence-corrected chi connectivity index (χ2v) is 11.6. The summed E-state index contributed by atoms with van der Waals surface area (Å²) in [6.07, 6.45) is 0. The van der Waals surface area contributed by atoms with Crippen LogP contribution in [0.2, 0.25) is 0 Å². The normalized spacial score (nSPS) is 16.3. The Balaban J connectivity index is 1.65. The fourth-order valence-corrected chi connectivity index (χ4v) is 5.81. The minimum Gasteiger partial charge on any atom is -0.379 e. The summed E-state index contributed by atoms with van der Waals surface area (Å²) in [4.78, 5) is 17.6. The molecule has 1 aromatic heterocycles. The lowest BCUT2D eigenvalue weighted by atomic mass is 10.2. The molecule has 1 aliphatic rings. The van der Waals surface area contributed by atoms with Crippen molar-refractivity contribution in [2.45, 2.75) is 56.5 Å². The number of hydrogen-bond acceptors (Lipinski definition) is 6. The first-order valence-electron chi connectivity index (χ1n) is 10.8. The molecule has 0 radical (unpaired) electrons. The lowest BCUT2D eigenvalue weighted by Crippen LogP contribution is -2.40. The zero-order chi connectivity index (χ0) is 23.5. The summed E-state index contributed by atoms with van der Waals surface area (Å²) < 4.78 is 34.3. The van der Waals surface area contributed by atoms with Crippen LogP contribution in [0.25, 0.3) is 0 Å². The molecular formula is C22H32N4O4S2. The molecule has 2 heterocycles. The van der Waals surface area contributed by atoms with Crippen LogP contribution in [0.15, 0.2) is 34.3 Å². The summed E-state index contributed by atoms with van der Waals surface area (Å²) in [5.41, 5.74) is 2.64. The standard InChI is InChI=1S/C22H32N4O4S2/c1-15(2)14-26-17(4)16(3)23-22(26)31-18(5)21(27)24-19-6-8-20(9-7-19)32(28,29)25-10-12-30-13-11-25/h6-9,15,18H,10-14H2,1-5H3,(H,24,27)/t18-/m0/s1. The van der Waals surface area contributed by atoms with E-state index in [0.29, 0.717) is 37.9 Å². The Bertz CT molecular complexity index is 1040.